The molecule has 0 radical (unpaired) electrons. The van der Waals surface area contributed by atoms with E-state index in [0.29, 0.717) is 12.1 Å². The molecule has 1 aromatic heterocycles. The number of ether oxygens (including phenoxy) is 1. The van der Waals surface area contributed by atoms with Gasteiger partial charge in [0.25, 0.3) is 0 Å². The first-order valence-electron chi connectivity index (χ1n) is 6.68. The van der Waals surface area contributed by atoms with Crippen molar-refractivity contribution in [3.05, 3.63) is 28.7 Å². The van der Waals surface area contributed by atoms with Crippen LogP contribution in [0, 0.1) is 0 Å². The topological polar surface area (TPSA) is 90.5 Å². The van der Waals surface area contributed by atoms with E-state index < -0.39 is 15.8 Å². The van der Waals surface area contributed by atoms with Crippen LogP contribution < -0.4 is 10.5 Å². The monoisotopic (exact) mass is 312 g/mol. The summed E-state index contributed by atoms with van der Waals surface area (Å²) in [5.74, 6) is -0.521. The molecular weight excluding hydrogens is 296 g/mol. The second kappa shape index (κ2) is 5.28. The Morgan fingerprint density at radius 1 is 1.43 bits per heavy atom. The van der Waals surface area contributed by atoms with Crippen molar-refractivity contribution in [1.29, 1.82) is 0 Å². The van der Waals surface area contributed by atoms with Crippen molar-refractivity contribution in [3.63, 3.8) is 0 Å². The second-order valence-corrected chi connectivity index (χ2v) is 6.81. The number of rotatable bonds is 4. The van der Waals surface area contributed by atoms with Gasteiger partial charge in [0.1, 0.15) is 0 Å². The van der Waals surface area contributed by atoms with E-state index in [-0.39, 0.29) is 23.1 Å². The van der Waals surface area contributed by atoms with Gasteiger partial charge in [-0.3, -0.25) is 4.57 Å². The molecule has 1 fully saturated rings. The predicted molar refractivity (Wildman–Crippen MR) is 75.6 cm³/mol. The zero-order valence-electron chi connectivity index (χ0n) is 11.5. The van der Waals surface area contributed by atoms with Crippen LogP contribution in [0.4, 0.5) is 0 Å². The third-order valence-corrected chi connectivity index (χ3v) is 5.02. The van der Waals surface area contributed by atoms with Crippen LogP contribution in [-0.2, 0) is 21.8 Å². The highest BCUT2D eigenvalue weighted by molar-refractivity contribution is 7.89. The molecule has 0 spiro atoms. The fraction of sp³-hybridized carbons (Fsp3) is 0.462. The molecule has 1 atom stereocenters. The van der Waals surface area contributed by atoms with Crippen molar-refractivity contribution in [2.45, 2.75) is 23.8 Å². The van der Waals surface area contributed by atoms with Crippen molar-refractivity contribution < 1.29 is 17.6 Å². The minimum atomic E-state index is -3.64. The highest BCUT2D eigenvalue weighted by Gasteiger charge is 2.21. The molecule has 3 rings (SSSR count). The third kappa shape index (κ3) is 2.74. The first-order chi connectivity index (χ1) is 9.97. The Kier molecular flexibility index (Phi) is 3.60. The number of sulfonamides is 1. The van der Waals surface area contributed by atoms with Crippen molar-refractivity contribution in [3.8, 4) is 0 Å². The Morgan fingerprint density at radius 2 is 2.24 bits per heavy atom. The maximum atomic E-state index is 12.2. The average Bonchev–Trinajstić information content (AvgIpc) is 3.06. The summed E-state index contributed by atoms with van der Waals surface area (Å²) < 4.78 is 38.7. The van der Waals surface area contributed by atoms with Gasteiger partial charge < -0.3 is 9.15 Å². The largest absolute Gasteiger partial charge is 0.419 e. The number of nitrogens with zero attached hydrogens (tertiary/aromatic N) is 1. The van der Waals surface area contributed by atoms with Gasteiger partial charge in [-0.15, -0.1) is 0 Å². The highest BCUT2D eigenvalue weighted by atomic mass is 32.2. The normalized spacial score (nSPS) is 19.4. The van der Waals surface area contributed by atoms with Crippen LogP contribution in [0.1, 0.15) is 12.8 Å². The van der Waals surface area contributed by atoms with Crippen LogP contribution >= 0.6 is 0 Å². The molecule has 1 aliphatic rings. The van der Waals surface area contributed by atoms with Crippen molar-refractivity contribution >= 4 is 21.1 Å². The number of hydrogen-bond donors (Lipinski definition) is 1. The van der Waals surface area contributed by atoms with Gasteiger partial charge >= 0.3 is 5.76 Å². The Hall–Kier alpha value is -1.64. The molecule has 7 nitrogen and oxygen atoms in total. The molecular formula is C13H16N2O5S. The maximum absolute atomic E-state index is 12.2. The first-order valence-corrected chi connectivity index (χ1v) is 8.16. The summed E-state index contributed by atoms with van der Waals surface area (Å²) >= 11 is 0. The number of hydrogen-bond acceptors (Lipinski definition) is 5. The molecule has 0 bridgehead atoms. The predicted octanol–water partition coefficient (Wildman–Crippen LogP) is 0.589. The van der Waals surface area contributed by atoms with Crippen LogP contribution in [0.25, 0.3) is 11.1 Å². The van der Waals surface area contributed by atoms with Gasteiger partial charge in [0.2, 0.25) is 10.0 Å². The molecule has 1 N–H and O–H groups in total. The van der Waals surface area contributed by atoms with Crippen molar-refractivity contribution in [2.24, 2.45) is 7.05 Å². The molecule has 0 aliphatic carbocycles. The third-order valence-electron chi connectivity index (χ3n) is 3.60. The smallest absolute Gasteiger partial charge is 0.408 e. The molecule has 0 amide bonds. The summed E-state index contributed by atoms with van der Waals surface area (Å²) in [5.41, 5.74) is 0.806. The summed E-state index contributed by atoms with van der Waals surface area (Å²) in [6, 6.07) is 4.37. The lowest BCUT2D eigenvalue weighted by atomic mass is 10.2. The molecule has 0 unspecified atom stereocenters. The number of fused-ring (bicyclic) bond motifs is 1. The van der Waals surface area contributed by atoms with E-state index in [2.05, 4.69) is 4.72 Å². The van der Waals surface area contributed by atoms with E-state index >= 15 is 0 Å². The van der Waals surface area contributed by atoms with Gasteiger partial charge in [-0.2, -0.15) is 0 Å². The molecule has 1 aromatic carbocycles. The Labute approximate surface area is 121 Å². The number of oxazole rings is 1. The highest BCUT2D eigenvalue weighted by Crippen LogP contribution is 2.18. The Morgan fingerprint density at radius 3 is 2.95 bits per heavy atom. The maximum Gasteiger partial charge on any atom is 0.419 e. The molecule has 2 heterocycles. The van der Waals surface area contributed by atoms with Gasteiger partial charge in [0.15, 0.2) is 5.58 Å². The summed E-state index contributed by atoms with van der Waals surface area (Å²) in [7, 11) is -2.08. The van der Waals surface area contributed by atoms with E-state index in [1.807, 2.05) is 0 Å². The zero-order valence-corrected chi connectivity index (χ0v) is 12.4. The van der Waals surface area contributed by atoms with Crippen LogP contribution in [-0.4, -0.2) is 32.2 Å². The molecule has 114 valence electrons. The molecule has 2 aromatic rings. The quantitative estimate of drug-likeness (QED) is 0.892. The van der Waals surface area contributed by atoms with Gasteiger partial charge in [-0.05, 0) is 25.0 Å². The van der Waals surface area contributed by atoms with Gasteiger partial charge in [-0.1, -0.05) is 0 Å². The van der Waals surface area contributed by atoms with Gasteiger partial charge in [-0.25, -0.2) is 17.9 Å². The van der Waals surface area contributed by atoms with E-state index in [4.69, 9.17) is 9.15 Å². The molecule has 21 heavy (non-hydrogen) atoms. The lowest BCUT2D eigenvalue weighted by Gasteiger charge is -2.11. The lowest BCUT2D eigenvalue weighted by molar-refractivity contribution is 0.114. The summed E-state index contributed by atoms with van der Waals surface area (Å²) in [5, 5.41) is 0. The van der Waals surface area contributed by atoms with Crippen LogP contribution in [0.15, 0.2) is 32.3 Å². The van der Waals surface area contributed by atoms with Crippen molar-refractivity contribution in [1.82, 2.24) is 9.29 Å². The number of benzene rings is 1. The number of aryl methyl sites for hydroxylation is 1. The van der Waals surface area contributed by atoms with Crippen LogP contribution in [0.2, 0.25) is 0 Å². The SMILES string of the molecule is Cn1c(=O)oc2cc(S(=O)(=O)NC[C@@H]3CCCO3)ccc21. The minimum Gasteiger partial charge on any atom is -0.408 e. The Balaban J connectivity index is 1.85. The lowest BCUT2D eigenvalue weighted by Crippen LogP contribution is -2.31. The summed E-state index contributed by atoms with van der Waals surface area (Å²) in [4.78, 5) is 11.5. The Bertz CT molecular complexity index is 815. The number of aromatic nitrogens is 1. The van der Waals surface area contributed by atoms with E-state index in [1.165, 1.54) is 16.7 Å². The van der Waals surface area contributed by atoms with Crippen LogP contribution in [0.3, 0.4) is 0 Å². The molecule has 8 heteroatoms. The summed E-state index contributed by atoms with van der Waals surface area (Å²) in [6.45, 7) is 0.923. The summed E-state index contributed by atoms with van der Waals surface area (Å²) in [6.07, 6.45) is 1.74. The molecule has 1 aliphatic heterocycles. The number of nitrogens with one attached hydrogen (secondary N) is 1. The van der Waals surface area contributed by atoms with Crippen LogP contribution in [0.5, 0.6) is 0 Å². The second-order valence-electron chi connectivity index (χ2n) is 5.04. The van der Waals surface area contributed by atoms with Crippen molar-refractivity contribution in [2.75, 3.05) is 13.2 Å². The molecule has 1 saturated heterocycles. The fourth-order valence-corrected chi connectivity index (χ4v) is 3.45. The zero-order chi connectivity index (χ0) is 15.0. The van der Waals surface area contributed by atoms with E-state index in [1.54, 1.807) is 13.1 Å². The van der Waals surface area contributed by atoms with E-state index in [9.17, 15) is 13.2 Å². The van der Waals surface area contributed by atoms with E-state index in [0.717, 1.165) is 12.8 Å². The standard InChI is InChI=1S/C13H16N2O5S/c1-15-11-5-4-10(7-12(11)20-13(15)16)21(17,18)14-8-9-3-2-6-19-9/h4-5,7,9,14H,2-3,6,8H2,1H3/t9-/m0/s1. The fourth-order valence-electron chi connectivity index (χ4n) is 2.37. The first kappa shape index (κ1) is 14.3. The minimum absolute atomic E-state index is 0.0711. The average molecular weight is 312 g/mol. The van der Waals surface area contributed by atoms with Gasteiger partial charge in [0, 0.05) is 26.3 Å². The molecule has 0 saturated carbocycles. The van der Waals surface area contributed by atoms with Gasteiger partial charge in [0.05, 0.1) is 16.5 Å².